The molecule has 0 aliphatic rings. The molecule has 0 saturated heterocycles. The molecule has 0 atom stereocenters. The number of hydrogen-bond donors (Lipinski definition) is 2. The number of aromatic nitrogens is 2. The van der Waals surface area contributed by atoms with Gasteiger partial charge in [-0.1, -0.05) is 18.2 Å². The molecule has 4 aromatic rings. The zero-order valence-electron chi connectivity index (χ0n) is 17.4. The maximum Gasteiger partial charge on any atom is 0.261 e. The smallest absolute Gasteiger partial charge is 0.261 e. The van der Waals surface area contributed by atoms with Gasteiger partial charge in [0.25, 0.3) is 15.9 Å². The maximum atomic E-state index is 12.7. The number of hydrogen-bond acceptors (Lipinski definition) is 6. The molecule has 0 aliphatic carbocycles. The van der Waals surface area contributed by atoms with Crippen molar-refractivity contribution in [2.24, 2.45) is 0 Å². The van der Waals surface area contributed by atoms with Crippen LogP contribution in [0, 0.1) is 0 Å². The molecule has 0 aliphatic heterocycles. The minimum absolute atomic E-state index is 0.154. The number of carbonyl (C=O) groups is 1. The average molecular weight is 461 g/mol. The first kappa shape index (κ1) is 22.0. The Morgan fingerprint density at radius 1 is 0.848 bits per heavy atom. The largest absolute Gasteiger partial charge is 0.485 e. The number of carbonyl (C=O) groups excluding carboxylic acids is 1. The van der Waals surface area contributed by atoms with Gasteiger partial charge < -0.3 is 10.1 Å². The summed E-state index contributed by atoms with van der Waals surface area (Å²) in [6, 6.07) is 21.2. The zero-order chi connectivity index (χ0) is 23.1. The van der Waals surface area contributed by atoms with Crippen LogP contribution in [0.3, 0.4) is 0 Å². The van der Waals surface area contributed by atoms with Gasteiger partial charge in [-0.05, 0) is 66.2 Å². The van der Waals surface area contributed by atoms with Gasteiger partial charge in [-0.25, -0.2) is 13.4 Å². The normalized spacial score (nSPS) is 10.9. The van der Waals surface area contributed by atoms with E-state index in [1.807, 2.05) is 12.1 Å². The van der Waals surface area contributed by atoms with E-state index >= 15 is 0 Å². The molecule has 2 N–H and O–H groups in total. The number of nitrogens with one attached hydrogen (secondary N) is 2. The molecular weight excluding hydrogens is 440 g/mol. The number of rotatable bonds is 8. The van der Waals surface area contributed by atoms with Gasteiger partial charge in [-0.2, -0.15) is 0 Å². The van der Waals surface area contributed by atoms with Crippen molar-refractivity contribution in [2.75, 3.05) is 10.0 Å². The SMILES string of the molecule is O=C(Nc1ncccc1OCc1ccncc1)c1ccc(NS(=O)(=O)c2ccccc2)cc1. The molecule has 2 aromatic carbocycles. The van der Waals surface area contributed by atoms with Gasteiger partial charge in [0.15, 0.2) is 11.6 Å². The lowest BCUT2D eigenvalue weighted by molar-refractivity contribution is 0.102. The van der Waals surface area contributed by atoms with Crippen LogP contribution in [0.5, 0.6) is 5.75 Å². The summed E-state index contributed by atoms with van der Waals surface area (Å²) in [7, 11) is -3.71. The van der Waals surface area contributed by atoms with Crippen molar-refractivity contribution in [3.8, 4) is 5.75 Å². The van der Waals surface area contributed by atoms with E-state index in [-0.39, 0.29) is 10.7 Å². The summed E-state index contributed by atoms with van der Waals surface area (Å²) in [6.07, 6.45) is 4.90. The Morgan fingerprint density at radius 3 is 2.30 bits per heavy atom. The minimum Gasteiger partial charge on any atom is -0.485 e. The third kappa shape index (κ3) is 5.72. The molecule has 166 valence electrons. The highest BCUT2D eigenvalue weighted by Crippen LogP contribution is 2.23. The summed E-state index contributed by atoms with van der Waals surface area (Å²) in [5.74, 6) is 0.306. The van der Waals surface area contributed by atoms with E-state index in [1.165, 1.54) is 36.4 Å². The molecule has 0 spiro atoms. The first-order valence-corrected chi connectivity index (χ1v) is 11.5. The maximum absolute atomic E-state index is 12.7. The topological polar surface area (TPSA) is 110 Å². The summed E-state index contributed by atoms with van der Waals surface area (Å²) in [6.45, 7) is 0.299. The monoisotopic (exact) mass is 460 g/mol. The van der Waals surface area contributed by atoms with Gasteiger partial charge in [0.1, 0.15) is 6.61 Å². The molecule has 2 heterocycles. The fourth-order valence-corrected chi connectivity index (χ4v) is 4.00. The van der Waals surface area contributed by atoms with Crippen molar-refractivity contribution in [2.45, 2.75) is 11.5 Å². The standard InChI is InChI=1S/C24H20N4O4S/c29-24(27-23-22(7-4-14-26-23)32-17-18-12-15-25-16-13-18)19-8-10-20(11-9-19)28-33(30,31)21-5-2-1-3-6-21/h1-16,28H,17H2,(H,26,27,29). The molecule has 9 heteroatoms. The first-order chi connectivity index (χ1) is 16.0. The molecule has 0 bridgehead atoms. The predicted octanol–water partition coefficient (Wildman–Crippen LogP) is 4.11. The molecule has 2 aromatic heterocycles. The number of sulfonamides is 1. The minimum atomic E-state index is -3.71. The van der Waals surface area contributed by atoms with E-state index in [4.69, 9.17) is 4.74 Å². The zero-order valence-corrected chi connectivity index (χ0v) is 18.2. The Labute approximate surface area is 191 Å². The van der Waals surface area contributed by atoms with E-state index in [2.05, 4.69) is 20.0 Å². The van der Waals surface area contributed by atoms with Gasteiger partial charge >= 0.3 is 0 Å². The lowest BCUT2D eigenvalue weighted by atomic mass is 10.2. The summed E-state index contributed by atoms with van der Waals surface area (Å²) in [5, 5.41) is 2.73. The summed E-state index contributed by atoms with van der Waals surface area (Å²) in [5.41, 5.74) is 1.61. The van der Waals surface area contributed by atoms with Crippen LogP contribution in [0.1, 0.15) is 15.9 Å². The van der Waals surface area contributed by atoms with E-state index < -0.39 is 15.9 Å². The molecule has 33 heavy (non-hydrogen) atoms. The lowest BCUT2D eigenvalue weighted by Gasteiger charge is -2.12. The third-order valence-corrected chi connectivity index (χ3v) is 6.00. The first-order valence-electron chi connectivity index (χ1n) is 9.97. The Morgan fingerprint density at radius 2 is 1.58 bits per heavy atom. The summed E-state index contributed by atoms with van der Waals surface area (Å²) < 4.78 is 33.2. The van der Waals surface area contributed by atoms with Crippen molar-refractivity contribution >= 4 is 27.4 Å². The van der Waals surface area contributed by atoms with Crippen LogP contribution < -0.4 is 14.8 Å². The summed E-state index contributed by atoms with van der Waals surface area (Å²) >= 11 is 0. The lowest BCUT2D eigenvalue weighted by Crippen LogP contribution is -2.15. The van der Waals surface area contributed by atoms with E-state index in [1.54, 1.807) is 48.9 Å². The van der Waals surface area contributed by atoms with Gasteiger partial charge in [0, 0.05) is 29.8 Å². The van der Waals surface area contributed by atoms with Crippen molar-refractivity contribution < 1.29 is 17.9 Å². The third-order valence-electron chi connectivity index (χ3n) is 4.60. The molecule has 0 unspecified atom stereocenters. The highest BCUT2D eigenvalue weighted by molar-refractivity contribution is 7.92. The fourth-order valence-electron chi connectivity index (χ4n) is 2.92. The van der Waals surface area contributed by atoms with Gasteiger partial charge in [0.2, 0.25) is 0 Å². The van der Waals surface area contributed by atoms with Crippen LogP contribution in [0.15, 0.2) is 102 Å². The molecule has 8 nitrogen and oxygen atoms in total. The predicted molar refractivity (Wildman–Crippen MR) is 124 cm³/mol. The van der Waals surface area contributed by atoms with E-state index in [9.17, 15) is 13.2 Å². The average Bonchev–Trinajstić information content (AvgIpc) is 2.85. The number of amides is 1. The fraction of sp³-hybridized carbons (Fsp3) is 0.0417. The van der Waals surface area contributed by atoms with Crippen LogP contribution in [0.4, 0.5) is 11.5 Å². The second kappa shape index (κ2) is 9.92. The number of benzene rings is 2. The van der Waals surface area contributed by atoms with E-state index in [0.29, 0.717) is 23.6 Å². The molecule has 4 rings (SSSR count). The van der Waals surface area contributed by atoms with Gasteiger partial charge in [0.05, 0.1) is 4.90 Å². The van der Waals surface area contributed by atoms with Crippen molar-refractivity contribution in [1.82, 2.24) is 9.97 Å². The Balaban J connectivity index is 1.42. The van der Waals surface area contributed by atoms with Crippen LogP contribution >= 0.6 is 0 Å². The molecule has 0 radical (unpaired) electrons. The molecule has 0 fully saturated rings. The number of pyridine rings is 2. The van der Waals surface area contributed by atoms with Crippen LogP contribution in [0.25, 0.3) is 0 Å². The van der Waals surface area contributed by atoms with Gasteiger partial charge in [-0.15, -0.1) is 0 Å². The highest BCUT2D eigenvalue weighted by Gasteiger charge is 2.15. The molecule has 1 amide bonds. The van der Waals surface area contributed by atoms with Gasteiger partial charge in [-0.3, -0.25) is 14.5 Å². The highest BCUT2D eigenvalue weighted by atomic mass is 32.2. The number of nitrogens with zero attached hydrogens (tertiary/aromatic N) is 2. The van der Waals surface area contributed by atoms with Crippen LogP contribution in [-0.4, -0.2) is 24.3 Å². The Hall–Kier alpha value is -4.24. The van der Waals surface area contributed by atoms with Crippen molar-refractivity contribution in [1.29, 1.82) is 0 Å². The van der Waals surface area contributed by atoms with Crippen molar-refractivity contribution in [3.05, 3.63) is 109 Å². The van der Waals surface area contributed by atoms with Crippen LogP contribution in [-0.2, 0) is 16.6 Å². The quantitative estimate of drug-likeness (QED) is 0.409. The van der Waals surface area contributed by atoms with E-state index in [0.717, 1.165) is 5.56 Å². The Kier molecular flexibility index (Phi) is 6.61. The van der Waals surface area contributed by atoms with Crippen LogP contribution in [0.2, 0.25) is 0 Å². The molecular formula is C24H20N4O4S. The number of ether oxygens (including phenoxy) is 1. The second-order valence-corrected chi connectivity index (χ2v) is 8.63. The number of anilines is 2. The molecule has 0 saturated carbocycles. The summed E-state index contributed by atoms with van der Waals surface area (Å²) in [4.78, 5) is 21.0. The van der Waals surface area contributed by atoms with Crippen molar-refractivity contribution in [3.63, 3.8) is 0 Å². The Bertz CT molecular complexity index is 1330. The second-order valence-electron chi connectivity index (χ2n) is 6.94.